The van der Waals surface area contributed by atoms with Crippen LogP contribution in [0.4, 0.5) is 0 Å². The van der Waals surface area contributed by atoms with Gasteiger partial charge in [0.15, 0.2) is 5.82 Å². The molecule has 0 saturated carbocycles. The van der Waals surface area contributed by atoms with Crippen molar-refractivity contribution in [1.29, 1.82) is 0 Å². The number of amides is 2. The highest BCUT2D eigenvalue weighted by Crippen LogP contribution is 2.30. The summed E-state index contributed by atoms with van der Waals surface area (Å²) >= 11 is 1.42. The SMILES string of the molecule is CCCCCCCOc1ccc(-c2cnc(-c3ccc(CC(NC(=O)c4ccc(C(C)(C)C)s4)C(=O)N4CCCC(C(=O)O)C4)cc3)nc2)cc1. The molecule has 10 heteroatoms. The van der Waals surface area contributed by atoms with E-state index in [1.165, 1.54) is 37.0 Å². The number of rotatable bonds is 15. The van der Waals surface area contributed by atoms with Crippen LogP contribution in [0.1, 0.15) is 92.8 Å². The molecule has 2 amide bonds. The van der Waals surface area contributed by atoms with Crippen LogP contribution >= 0.6 is 11.3 Å². The number of benzene rings is 2. The van der Waals surface area contributed by atoms with E-state index in [0.717, 1.165) is 45.9 Å². The molecule has 2 N–H and O–H groups in total. The van der Waals surface area contributed by atoms with E-state index in [-0.39, 0.29) is 30.2 Å². The van der Waals surface area contributed by atoms with E-state index in [4.69, 9.17) is 4.74 Å². The molecule has 1 aliphatic rings. The molecule has 2 unspecified atom stereocenters. The molecule has 0 spiro atoms. The number of hydrogen-bond donors (Lipinski definition) is 2. The third-order valence-electron chi connectivity index (χ3n) is 9.26. The lowest BCUT2D eigenvalue weighted by Gasteiger charge is -2.33. The number of aliphatic carboxylic acids is 1. The number of piperidine rings is 1. The van der Waals surface area contributed by atoms with Gasteiger partial charge in [-0.25, -0.2) is 9.97 Å². The summed E-state index contributed by atoms with van der Waals surface area (Å²) in [5.41, 5.74) is 3.49. The van der Waals surface area contributed by atoms with E-state index in [1.807, 2.05) is 67.0 Å². The Balaban J connectivity index is 1.24. The van der Waals surface area contributed by atoms with E-state index in [1.54, 1.807) is 11.0 Å². The smallest absolute Gasteiger partial charge is 0.308 e. The fraction of sp³-hybridized carbons (Fsp3) is 0.439. The summed E-state index contributed by atoms with van der Waals surface area (Å²) in [5.74, 6) is -0.664. The van der Waals surface area contributed by atoms with Crippen molar-refractivity contribution in [3.63, 3.8) is 0 Å². The Labute approximate surface area is 305 Å². The number of carboxylic acids is 1. The lowest BCUT2D eigenvalue weighted by Crippen LogP contribution is -2.52. The van der Waals surface area contributed by atoms with Gasteiger partial charge in [-0.05, 0) is 60.1 Å². The van der Waals surface area contributed by atoms with E-state index in [0.29, 0.717) is 30.1 Å². The van der Waals surface area contributed by atoms with Crippen LogP contribution in [0.15, 0.2) is 73.1 Å². The number of unbranched alkanes of at least 4 members (excludes halogenated alkanes) is 4. The number of nitrogens with one attached hydrogen (secondary N) is 1. The zero-order valence-corrected chi connectivity index (χ0v) is 31.0. The summed E-state index contributed by atoms with van der Waals surface area (Å²) < 4.78 is 5.90. The molecular weight excluding hydrogens is 661 g/mol. The van der Waals surface area contributed by atoms with Gasteiger partial charge in [0.2, 0.25) is 5.91 Å². The molecule has 5 rings (SSSR count). The second kappa shape index (κ2) is 17.6. The first-order valence-corrected chi connectivity index (χ1v) is 18.9. The first-order chi connectivity index (χ1) is 24.5. The van der Waals surface area contributed by atoms with Crippen molar-refractivity contribution in [3.8, 4) is 28.3 Å². The molecule has 9 nitrogen and oxygen atoms in total. The number of carboxylic acid groups (broad SMARTS) is 1. The molecule has 270 valence electrons. The number of ether oxygens (including phenoxy) is 1. The third-order valence-corrected chi connectivity index (χ3v) is 10.8. The van der Waals surface area contributed by atoms with Crippen LogP contribution < -0.4 is 10.1 Å². The van der Waals surface area contributed by atoms with Crippen LogP contribution in [-0.4, -0.2) is 63.5 Å². The van der Waals surface area contributed by atoms with Crippen LogP contribution in [0.3, 0.4) is 0 Å². The molecule has 3 heterocycles. The summed E-state index contributed by atoms with van der Waals surface area (Å²) in [6.45, 7) is 9.83. The number of nitrogens with zero attached hydrogens (tertiary/aromatic N) is 3. The van der Waals surface area contributed by atoms with Crippen molar-refractivity contribution in [3.05, 3.63) is 88.4 Å². The predicted octanol–water partition coefficient (Wildman–Crippen LogP) is 8.18. The average Bonchev–Trinajstić information content (AvgIpc) is 3.65. The molecular formula is C41H50N4O5S. The van der Waals surface area contributed by atoms with Gasteiger partial charge in [0.25, 0.3) is 5.91 Å². The van der Waals surface area contributed by atoms with E-state index in [2.05, 4.69) is 43.0 Å². The van der Waals surface area contributed by atoms with E-state index in [9.17, 15) is 19.5 Å². The summed E-state index contributed by atoms with van der Waals surface area (Å²) in [5, 5.41) is 12.6. The maximum absolute atomic E-state index is 13.8. The van der Waals surface area contributed by atoms with Gasteiger partial charge in [0.1, 0.15) is 11.8 Å². The lowest BCUT2D eigenvalue weighted by atomic mass is 9.95. The van der Waals surface area contributed by atoms with E-state index < -0.39 is 17.9 Å². The van der Waals surface area contributed by atoms with Gasteiger partial charge in [-0.15, -0.1) is 11.3 Å². The largest absolute Gasteiger partial charge is 0.494 e. The Bertz CT molecular complexity index is 1750. The fourth-order valence-corrected chi connectivity index (χ4v) is 7.15. The fourth-order valence-electron chi connectivity index (χ4n) is 6.18. The minimum Gasteiger partial charge on any atom is -0.494 e. The molecule has 2 aromatic carbocycles. The van der Waals surface area contributed by atoms with Crippen molar-refractivity contribution in [2.24, 2.45) is 5.92 Å². The van der Waals surface area contributed by atoms with Crippen molar-refractivity contribution in [2.45, 2.75) is 90.5 Å². The van der Waals surface area contributed by atoms with E-state index >= 15 is 0 Å². The number of hydrogen-bond acceptors (Lipinski definition) is 7. The van der Waals surface area contributed by atoms with Crippen molar-refractivity contribution < 1.29 is 24.2 Å². The van der Waals surface area contributed by atoms with Crippen LogP contribution in [-0.2, 0) is 21.4 Å². The molecule has 2 aromatic heterocycles. The third kappa shape index (κ3) is 10.5. The van der Waals surface area contributed by atoms with Crippen molar-refractivity contribution >= 4 is 29.1 Å². The van der Waals surface area contributed by atoms with Gasteiger partial charge in [0.05, 0.1) is 17.4 Å². The molecule has 0 radical (unpaired) electrons. The minimum atomic E-state index is -0.904. The summed E-state index contributed by atoms with van der Waals surface area (Å²) in [6.07, 6.45) is 11.0. The van der Waals surface area contributed by atoms with Crippen LogP contribution in [0.25, 0.3) is 22.5 Å². The quantitative estimate of drug-likeness (QED) is 0.119. The maximum atomic E-state index is 13.8. The topological polar surface area (TPSA) is 122 Å². The van der Waals surface area contributed by atoms with Crippen LogP contribution in [0, 0.1) is 5.92 Å². The first-order valence-electron chi connectivity index (χ1n) is 18.1. The van der Waals surface area contributed by atoms with Gasteiger partial charge in [-0.1, -0.05) is 89.8 Å². The predicted molar refractivity (Wildman–Crippen MR) is 202 cm³/mol. The molecule has 4 aromatic rings. The molecule has 0 bridgehead atoms. The number of thiophene rings is 1. The monoisotopic (exact) mass is 710 g/mol. The Hall–Kier alpha value is -4.57. The van der Waals surface area contributed by atoms with Crippen LogP contribution in [0.2, 0.25) is 0 Å². The second-order valence-corrected chi connectivity index (χ2v) is 15.5. The van der Waals surface area contributed by atoms with Gasteiger partial charge in [-0.2, -0.15) is 0 Å². The van der Waals surface area contributed by atoms with Crippen molar-refractivity contribution in [2.75, 3.05) is 19.7 Å². The summed E-state index contributed by atoms with van der Waals surface area (Å²) in [7, 11) is 0. The average molecular weight is 711 g/mol. The Morgan fingerprint density at radius 2 is 1.61 bits per heavy atom. The molecule has 51 heavy (non-hydrogen) atoms. The van der Waals surface area contributed by atoms with Crippen LogP contribution in [0.5, 0.6) is 5.75 Å². The number of aromatic nitrogens is 2. The Morgan fingerprint density at radius 1 is 0.922 bits per heavy atom. The van der Waals surface area contributed by atoms with Gasteiger partial charge >= 0.3 is 5.97 Å². The highest BCUT2D eigenvalue weighted by Gasteiger charge is 2.33. The molecule has 1 fully saturated rings. The zero-order chi connectivity index (χ0) is 36.4. The highest BCUT2D eigenvalue weighted by molar-refractivity contribution is 7.14. The second-order valence-electron chi connectivity index (χ2n) is 14.4. The number of likely N-dealkylation sites (tertiary alicyclic amines) is 1. The standard InChI is InChI=1S/C41H50N4O5S/c1-5-6-7-8-9-23-50-33-18-16-29(17-19-33)32-25-42-37(43-26-32)30-14-12-28(13-15-30)24-34(39(47)45-22-10-11-31(27-45)40(48)49)44-38(46)35-20-21-36(51-35)41(2,3)4/h12-21,25-26,31,34H,5-11,22-24,27H2,1-4H3,(H,44,46)(H,48,49). The Morgan fingerprint density at radius 3 is 2.25 bits per heavy atom. The van der Waals surface area contributed by atoms with Gasteiger partial charge in [0, 0.05) is 47.9 Å². The highest BCUT2D eigenvalue weighted by atomic mass is 32.1. The molecule has 0 aliphatic carbocycles. The van der Waals surface area contributed by atoms with Gasteiger partial charge < -0.3 is 20.1 Å². The molecule has 1 saturated heterocycles. The molecule has 2 atom stereocenters. The van der Waals surface area contributed by atoms with Gasteiger partial charge in [-0.3, -0.25) is 14.4 Å². The lowest BCUT2D eigenvalue weighted by molar-refractivity contribution is -0.146. The number of carbonyl (C=O) groups excluding carboxylic acids is 2. The summed E-state index contributed by atoms with van der Waals surface area (Å²) in [6, 6.07) is 18.6. The zero-order valence-electron chi connectivity index (χ0n) is 30.2. The van der Waals surface area contributed by atoms with Crippen molar-refractivity contribution in [1.82, 2.24) is 20.2 Å². The Kier molecular flexibility index (Phi) is 13.0. The number of carbonyl (C=O) groups is 3. The molecule has 1 aliphatic heterocycles. The minimum absolute atomic E-state index is 0.0996. The maximum Gasteiger partial charge on any atom is 0.308 e. The summed E-state index contributed by atoms with van der Waals surface area (Å²) in [4.78, 5) is 51.4. The first kappa shape index (κ1) is 37.7. The normalized spacial score (nSPS) is 15.3.